The fourth-order valence-electron chi connectivity index (χ4n) is 1.85. The predicted molar refractivity (Wildman–Crippen MR) is 85.0 cm³/mol. The molecule has 2 rings (SSSR count). The molecule has 0 aliphatic heterocycles. The number of anilines is 1. The fraction of sp³-hybridized carbons (Fsp3) is 0.267. The van der Waals surface area contributed by atoms with Gasteiger partial charge in [-0.3, -0.25) is 4.79 Å². The molecule has 0 saturated carbocycles. The number of aryl methyl sites for hydroxylation is 1. The molecule has 1 aromatic heterocycles. The number of esters is 1. The van der Waals surface area contributed by atoms with E-state index in [2.05, 4.69) is 15.0 Å². The van der Waals surface area contributed by atoms with Gasteiger partial charge >= 0.3 is 5.97 Å². The summed E-state index contributed by atoms with van der Waals surface area (Å²) in [5.41, 5.74) is 0.960. The van der Waals surface area contributed by atoms with Crippen molar-refractivity contribution in [1.29, 1.82) is 0 Å². The summed E-state index contributed by atoms with van der Waals surface area (Å²) in [7, 11) is 1.32. The Balaban J connectivity index is 1.93. The van der Waals surface area contributed by atoms with Crippen molar-refractivity contribution in [2.24, 2.45) is 0 Å². The van der Waals surface area contributed by atoms with Gasteiger partial charge in [0.15, 0.2) is 5.16 Å². The van der Waals surface area contributed by atoms with Gasteiger partial charge in [-0.15, -0.1) is 0 Å². The first-order chi connectivity index (χ1) is 10.6. The van der Waals surface area contributed by atoms with E-state index >= 15 is 0 Å². The van der Waals surface area contributed by atoms with Crippen LogP contribution >= 0.6 is 11.8 Å². The Morgan fingerprint density at radius 3 is 2.95 bits per heavy atom. The van der Waals surface area contributed by atoms with E-state index in [1.807, 2.05) is 17.7 Å². The minimum atomic E-state index is -0.435. The van der Waals surface area contributed by atoms with Crippen LogP contribution in [0.3, 0.4) is 0 Å². The van der Waals surface area contributed by atoms with E-state index in [1.165, 1.54) is 18.9 Å². The highest BCUT2D eigenvalue weighted by Gasteiger charge is 2.09. The van der Waals surface area contributed by atoms with E-state index in [-0.39, 0.29) is 11.7 Å². The molecule has 0 bridgehead atoms. The molecule has 22 heavy (non-hydrogen) atoms. The van der Waals surface area contributed by atoms with Gasteiger partial charge in [0.2, 0.25) is 5.91 Å². The number of nitrogens with zero attached hydrogens (tertiary/aromatic N) is 2. The van der Waals surface area contributed by atoms with Gasteiger partial charge in [0.05, 0.1) is 18.4 Å². The molecule has 0 unspecified atom stereocenters. The molecular formula is C15H17N3O3S. The van der Waals surface area contributed by atoms with E-state index in [9.17, 15) is 9.59 Å². The van der Waals surface area contributed by atoms with E-state index in [0.717, 1.165) is 11.7 Å². The quantitative estimate of drug-likeness (QED) is 0.654. The van der Waals surface area contributed by atoms with Crippen LogP contribution < -0.4 is 5.32 Å². The third-order valence-electron chi connectivity index (χ3n) is 2.92. The van der Waals surface area contributed by atoms with Crippen molar-refractivity contribution in [3.05, 3.63) is 42.2 Å². The highest BCUT2D eigenvalue weighted by atomic mass is 32.2. The summed E-state index contributed by atoms with van der Waals surface area (Å²) >= 11 is 1.37. The summed E-state index contributed by atoms with van der Waals surface area (Å²) in [6, 6.07) is 6.64. The van der Waals surface area contributed by atoms with Gasteiger partial charge in [-0.05, 0) is 25.1 Å². The molecule has 2 aromatic rings. The molecule has 1 heterocycles. The van der Waals surface area contributed by atoms with Gasteiger partial charge < -0.3 is 14.6 Å². The van der Waals surface area contributed by atoms with E-state index in [1.54, 1.807) is 30.5 Å². The monoisotopic (exact) mass is 319 g/mol. The van der Waals surface area contributed by atoms with Gasteiger partial charge in [0, 0.05) is 24.6 Å². The number of amides is 1. The zero-order valence-corrected chi connectivity index (χ0v) is 13.2. The van der Waals surface area contributed by atoms with Gasteiger partial charge in [-0.1, -0.05) is 17.8 Å². The normalized spacial score (nSPS) is 10.3. The number of nitrogens with one attached hydrogen (secondary N) is 1. The molecule has 0 saturated heterocycles. The topological polar surface area (TPSA) is 73.2 Å². The number of benzene rings is 1. The molecule has 0 spiro atoms. The third-order valence-corrected chi connectivity index (χ3v) is 3.92. The molecule has 1 amide bonds. The molecule has 0 fully saturated rings. The van der Waals surface area contributed by atoms with Crippen molar-refractivity contribution in [3.8, 4) is 0 Å². The minimum Gasteiger partial charge on any atom is -0.465 e. The van der Waals surface area contributed by atoms with Crippen LogP contribution in [-0.4, -0.2) is 34.3 Å². The summed E-state index contributed by atoms with van der Waals surface area (Å²) in [4.78, 5) is 27.6. The molecule has 7 heteroatoms. The Morgan fingerprint density at radius 2 is 2.23 bits per heavy atom. The number of methoxy groups -OCH3 is 1. The number of aromatic nitrogens is 2. The van der Waals surface area contributed by atoms with E-state index < -0.39 is 5.97 Å². The van der Waals surface area contributed by atoms with Crippen LogP contribution in [0.4, 0.5) is 5.69 Å². The first kappa shape index (κ1) is 16.1. The SMILES string of the molecule is CCn1ccnc1SCC(=O)Nc1cccc(C(=O)OC)c1. The van der Waals surface area contributed by atoms with Crippen molar-refractivity contribution in [2.75, 3.05) is 18.2 Å². The minimum absolute atomic E-state index is 0.155. The fourth-order valence-corrected chi connectivity index (χ4v) is 2.67. The van der Waals surface area contributed by atoms with Crippen molar-refractivity contribution in [1.82, 2.24) is 9.55 Å². The molecule has 6 nitrogen and oxygen atoms in total. The van der Waals surface area contributed by atoms with Crippen LogP contribution in [0.5, 0.6) is 0 Å². The summed E-state index contributed by atoms with van der Waals surface area (Å²) in [5.74, 6) is -0.340. The largest absolute Gasteiger partial charge is 0.465 e. The van der Waals surface area contributed by atoms with Crippen LogP contribution in [0.15, 0.2) is 41.8 Å². The van der Waals surface area contributed by atoms with Crippen molar-refractivity contribution in [2.45, 2.75) is 18.6 Å². The Morgan fingerprint density at radius 1 is 1.41 bits per heavy atom. The third kappa shape index (κ3) is 4.11. The number of hydrogen-bond donors (Lipinski definition) is 1. The van der Waals surface area contributed by atoms with E-state index in [0.29, 0.717) is 11.3 Å². The first-order valence-corrected chi connectivity index (χ1v) is 7.74. The Labute approximate surface area is 132 Å². The van der Waals surface area contributed by atoms with Crippen LogP contribution in [-0.2, 0) is 16.1 Å². The lowest BCUT2D eigenvalue weighted by Gasteiger charge is -2.07. The van der Waals surface area contributed by atoms with Crippen molar-refractivity contribution < 1.29 is 14.3 Å². The number of imidazole rings is 1. The summed E-state index contributed by atoms with van der Waals surface area (Å²) in [5, 5.41) is 3.56. The lowest BCUT2D eigenvalue weighted by molar-refractivity contribution is -0.113. The molecule has 1 aromatic carbocycles. The number of carbonyl (C=O) groups is 2. The summed E-state index contributed by atoms with van der Waals surface area (Å²) in [6.07, 6.45) is 3.59. The molecule has 1 N–H and O–H groups in total. The zero-order valence-electron chi connectivity index (χ0n) is 12.4. The molecule has 0 aliphatic carbocycles. The average molecular weight is 319 g/mol. The van der Waals surface area contributed by atoms with Crippen LogP contribution in [0.2, 0.25) is 0 Å². The second-order valence-electron chi connectivity index (χ2n) is 4.41. The molecule has 0 aliphatic rings. The second kappa shape index (κ2) is 7.65. The van der Waals surface area contributed by atoms with Gasteiger partial charge in [0.25, 0.3) is 0 Å². The maximum atomic E-state index is 12.0. The number of carbonyl (C=O) groups excluding carboxylic acids is 2. The van der Waals surface area contributed by atoms with E-state index in [4.69, 9.17) is 0 Å². The van der Waals surface area contributed by atoms with Crippen molar-refractivity contribution in [3.63, 3.8) is 0 Å². The maximum Gasteiger partial charge on any atom is 0.337 e. The van der Waals surface area contributed by atoms with Gasteiger partial charge in [0.1, 0.15) is 0 Å². The number of ether oxygens (including phenoxy) is 1. The Kier molecular flexibility index (Phi) is 5.60. The van der Waals surface area contributed by atoms with Crippen LogP contribution in [0.25, 0.3) is 0 Å². The van der Waals surface area contributed by atoms with Crippen LogP contribution in [0.1, 0.15) is 17.3 Å². The highest BCUT2D eigenvalue weighted by Crippen LogP contribution is 2.17. The summed E-state index contributed by atoms with van der Waals surface area (Å²) in [6.45, 7) is 2.83. The molecular weight excluding hydrogens is 302 g/mol. The lowest BCUT2D eigenvalue weighted by atomic mass is 10.2. The Hall–Kier alpha value is -2.28. The number of rotatable bonds is 6. The Bertz CT molecular complexity index is 670. The standard InChI is InChI=1S/C15H17N3O3S/c1-3-18-8-7-16-15(18)22-10-13(19)17-12-6-4-5-11(9-12)14(20)21-2/h4-9H,3,10H2,1-2H3,(H,17,19). The summed E-state index contributed by atoms with van der Waals surface area (Å²) < 4.78 is 6.62. The lowest BCUT2D eigenvalue weighted by Crippen LogP contribution is -2.15. The van der Waals surface area contributed by atoms with Crippen molar-refractivity contribution >= 4 is 29.3 Å². The highest BCUT2D eigenvalue weighted by molar-refractivity contribution is 7.99. The molecule has 0 atom stereocenters. The molecule has 116 valence electrons. The maximum absolute atomic E-state index is 12.0. The number of hydrogen-bond acceptors (Lipinski definition) is 5. The van der Waals surface area contributed by atoms with Gasteiger partial charge in [-0.2, -0.15) is 0 Å². The average Bonchev–Trinajstić information content (AvgIpc) is 3.00. The molecule has 0 radical (unpaired) electrons. The van der Waals surface area contributed by atoms with Gasteiger partial charge in [-0.25, -0.2) is 9.78 Å². The second-order valence-corrected chi connectivity index (χ2v) is 5.35. The zero-order chi connectivity index (χ0) is 15.9. The predicted octanol–water partition coefficient (Wildman–Crippen LogP) is 2.42. The first-order valence-electron chi connectivity index (χ1n) is 6.76. The smallest absolute Gasteiger partial charge is 0.337 e. The van der Waals surface area contributed by atoms with Crippen LogP contribution in [0, 0.1) is 0 Å². The number of thioether (sulfide) groups is 1.